The minimum Gasteiger partial charge on any atom is -0.207 e. The second-order valence-electron chi connectivity index (χ2n) is 5.41. The van der Waals surface area contributed by atoms with E-state index in [1.165, 1.54) is 22.3 Å². The van der Waals surface area contributed by atoms with Gasteiger partial charge >= 0.3 is 0 Å². The van der Waals surface area contributed by atoms with E-state index in [-0.39, 0.29) is 12.8 Å². The van der Waals surface area contributed by atoms with Crippen molar-refractivity contribution in [3.63, 3.8) is 0 Å². The van der Waals surface area contributed by atoms with Crippen LogP contribution in [0.4, 0.5) is 8.78 Å². The van der Waals surface area contributed by atoms with Crippen molar-refractivity contribution >= 4 is 0 Å². The van der Waals surface area contributed by atoms with Gasteiger partial charge in [0, 0.05) is 12.8 Å². The second-order valence-corrected chi connectivity index (χ2v) is 5.41. The van der Waals surface area contributed by atoms with Gasteiger partial charge in [-0.1, -0.05) is 12.1 Å². The zero-order valence-electron chi connectivity index (χ0n) is 10.8. The molecule has 0 unspecified atom stereocenters. The average molecular weight is 238 g/mol. The maximum atomic E-state index is 13.1. The van der Waals surface area contributed by atoms with Crippen molar-refractivity contribution in [3.05, 3.63) is 34.4 Å². The van der Waals surface area contributed by atoms with Crippen molar-refractivity contribution < 1.29 is 8.78 Å². The molecule has 1 saturated carbocycles. The number of hydrogen-bond acceptors (Lipinski definition) is 0. The Morgan fingerprint density at radius 2 is 1.47 bits per heavy atom. The third-order valence-corrected chi connectivity index (χ3v) is 4.14. The Morgan fingerprint density at radius 1 is 1.00 bits per heavy atom. The lowest BCUT2D eigenvalue weighted by atomic mass is 9.81. The molecule has 0 atom stereocenters. The Bertz CT molecular complexity index is 388. The number of rotatable bonds is 1. The van der Waals surface area contributed by atoms with Gasteiger partial charge in [0.25, 0.3) is 0 Å². The third kappa shape index (κ3) is 2.67. The molecular weight excluding hydrogens is 218 g/mol. The molecule has 0 spiro atoms. The highest BCUT2D eigenvalue weighted by molar-refractivity contribution is 5.38. The van der Waals surface area contributed by atoms with E-state index in [0.29, 0.717) is 18.8 Å². The summed E-state index contributed by atoms with van der Waals surface area (Å²) in [6, 6.07) is 4.35. The average Bonchev–Trinajstić information content (AvgIpc) is 2.25. The highest BCUT2D eigenvalue weighted by Gasteiger charge is 2.35. The summed E-state index contributed by atoms with van der Waals surface area (Å²) < 4.78 is 26.2. The van der Waals surface area contributed by atoms with Gasteiger partial charge in [0.15, 0.2) is 0 Å². The molecule has 0 radical (unpaired) electrons. The summed E-state index contributed by atoms with van der Waals surface area (Å²) in [5.41, 5.74) is 5.12. The van der Waals surface area contributed by atoms with E-state index in [9.17, 15) is 8.78 Å². The number of halogens is 2. The first-order valence-corrected chi connectivity index (χ1v) is 6.34. The standard InChI is InChI=1S/C15H20F2/c1-10-8-14(9-11(2)12(10)3)13-4-6-15(16,17)7-5-13/h8-9,13H,4-7H2,1-3H3. The van der Waals surface area contributed by atoms with E-state index >= 15 is 0 Å². The molecule has 2 heteroatoms. The normalized spacial score (nSPS) is 20.5. The molecule has 1 aliphatic rings. The van der Waals surface area contributed by atoms with Gasteiger partial charge in [0.05, 0.1) is 0 Å². The van der Waals surface area contributed by atoms with Crippen molar-refractivity contribution in [1.82, 2.24) is 0 Å². The second kappa shape index (κ2) is 4.40. The molecule has 1 fully saturated rings. The van der Waals surface area contributed by atoms with E-state index in [2.05, 4.69) is 32.9 Å². The van der Waals surface area contributed by atoms with Crippen LogP contribution in [-0.4, -0.2) is 5.92 Å². The maximum Gasteiger partial charge on any atom is 0.248 e. The van der Waals surface area contributed by atoms with E-state index in [1.54, 1.807) is 0 Å². The lowest BCUT2D eigenvalue weighted by molar-refractivity contribution is -0.0382. The summed E-state index contributed by atoms with van der Waals surface area (Å²) in [5.74, 6) is -2.10. The first kappa shape index (κ1) is 12.5. The quantitative estimate of drug-likeness (QED) is 0.652. The molecule has 0 bridgehead atoms. The molecule has 0 nitrogen and oxygen atoms in total. The highest BCUT2D eigenvalue weighted by Crippen LogP contribution is 2.41. The van der Waals surface area contributed by atoms with E-state index in [0.717, 1.165) is 0 Å². The van der Waals surface area contributed by atoms with Crippen LogP contribution in [0.3, 0.4) is 0 Å². The maximum absolute atomic E-state index is 13.1. The lowest BCUT2D eigenvalue weighted by Crippen LogP contribution is -2.23. The molecular formula is C15H20F2. The van der Waals surface area contributed by atoms with Crippen molar-refractivity contribution in [2.45, 2.75) is 58.3 Å². The van der Waals surface area contributed by atoms with Gasteiger partial charge in [0.2, 0.25) is 5.92 Å². The minimum atomic E-state index is -2.43. The van der Waals surface area contributed by atoms with Crippen LogP contribution in [-0.2, 0) is 0 Å². The van der Waals surface area contributed by atoms with Crippen molar-refractivity contribution in [1.29, 1.82) is 0 Å². The highest BCUT2D eigenvalue weighted by atomic mass is 19.3. The summed E-state index contributed by atoms with van der Waals surface area (Å²) in [6.45, 7) is 6.32. The van der Waals surface area contributed by atoms with Crippen LogP contribution in [0.15, 0.2) is 12.1 Å². The Morgan fingerprint density at radius 3 is 1.94 bits per heavy atom. The molecule has 0 aromatic heterocycles. The van der Waals surface area contributed by atoms with Gasteiger partial charge in [-0.2, -0.15) is 0 Å². The molecule has 0 saturated heterocycles. The molecule has 0 aliphatic heterocycles. The molecule has 94 valence electrons. The first-order chi connectivity index (χ1) is 7.89. The smallest absolute Gasteiger partial charge is 0.207 e. The van der Waals surface area contributed by atoms with Gasteiger partial charge in [-0.25, -0.2) is 8.78 Å². The topological polar surface area (TPSA) is 0 Å². The molecule has 2 rings (SSSR count). The van der Waals surface area contributed by atoms with Crippen molar-refractivity contribution in [2.24, 2.45) is 0 Å². The Hall–Kier alpha value is -0.920. The Kier molecular flexibility index (Phi) is 3.24. The number of hydrogen-bond donors (Lipinski definition) is 0. The van der Waals surface area contributed by atoms with Crippen LogP contribution >= 0.6 is 0 Å². The fourth-order valence-electron chi connectivity index (χ4n) is 2.68. The van der Waals surface area contributed by atoms with Gasteiger partial charge in [-0.05, 0) is 61.8 Å². The monoisotopic (exact) mass is 238 g/mol. The molecule has 0 heterocycles. The fraction of sp³-hybridized carbons (Fsp3) is 0.600. The predicted octanol–water partition coefficient (Wildman–Crippen LogP) is 4.90. The van der Waals surface area contributed by atoms with E-state index in [1.807, 2.05) is 0 Å². The third-order valence-electron chi connectivity index (χ3n) is 4.14. The molecule has 1 aromatic carbocycles. The Labute approximate surface area is 102 Å². The van der Waals surface area contributed by atoms with E-state index < -0.39 is 5.92 Å². The van der Waals surface area contributed by atoms with Gasteiger partial charge in [-0.3, -0.25) is 0 Å². The number of benzene rings is 1. The zero-order valence-corrected chi connectivity index (χ0v) is 10.8. The first-order valence-electron chi connectivity index (χ1n) is 6.34. The van der Waals surface area contributed by atoms with Crippen LogP contribution in [0, 0.1) is 20.8 Å². The summed E-state index contributed by atoms with van der Waals surface area (Å²) >= 11 is 0. The van der Waals surface area contributed by atoms with Crippen molar-refractivity contribution in [3.8, 4) is 0 Å². The number of aryl methyl sites for hydroxylation is 2. The fourth-order valence-corrected chi connectivity index (χ4v) is 2.68. The van der Waals surface area contributed by atoms with Crippen LogP contribution < -0.4 is 0 Å². The SMILES string of the molecule is Cc1cc(C2CCC(F)(F)CC2)cc(C)c1C. The summed E-state index contributed by atoms with van der Waals surface area (Å²) in [6.07, 6.45) is 1.33. The molecule has 0 N–H and O–H groups in total. The molecule has 0 amide bonds. The number of alkyl halides is 2. The Balaban J connectivity index is 2.19. The lowest BCUT2D eigenvalue weighted by Gasteiger charge is -2.29. The minimum absolute atomic E-state index is 0.0453. The molecule has 17 heavy (non-hydrogen) atoms. The largest absolute Gasteiger partial charge is 0.248 e. The molecule has 1 aliphatic carbocycles. The van der Waals surface area contributed by atoms with E-state index in [4.69, 9.17) is 0 Å². The van der Waals surface area contributed by atoms with Crippen LogP contribution in [0.1, 0.15) is 53.9 Å². The predicted molar refractivity (Wildman–Crippen MR) is 66.8 cm³/mol. The van der Waals surface area contributed by atoms with Crippen LogP contribution in [0.2, 0.25) is 0 Å². The van der Waals surface area contributed by atoms with Crippen LogP contribution in [0.5, 0.6) is 0 Å². The summed E-state index contributed by atoms with van der Waals surface area (Å²) in [4.78, 5) is 0. The van der Waals surface area contributed by atoms with Crippen molar-refractivity contribution in [2.75, 3.05) is 0 Å². The van der Waals surface area contributed by atoms with Crippen LogP contribution in [0.25, 0.3) is 0 Å². The molecule has 1 aromatic rings. The summed E-state index contributed by atoms with van der Waals surface area (Å²) in [5, 5.41) is 0. The zero-order chi connectivity index (χ0) is 12.6. The van der Waals surface area contributed by atoms with Gasteiger partial charge in [0.1, 0.15) is 0 Å². The summed E-state index contributed by atoms with van der Waals surface area (Å²) in [7, 11) is 0. The van der Waals surface area contributed by atoms with Gasteiger partial charge in [-0.15, -0.1) is 0 Å². The van der Waals surface area contributed by atoms with Gasteiger partial charge < -0.3 is 0 Å².